The van der Waals surface area contributed by atoms with Gasteiger partial charge in [0.05, 0.1) is 12.5 Å². The van der Waals surface area contributed by atoms with Crippen molar-refractivity contribution in [3.8, 4) is 6.07 Å². The van der Waals surface area contributed by atoms with Crippen LogP contribution in [0.3, 0.4) is 0 Å². The molecule has 1 aromatic rings. The second-order valence-electron chi connectivity index (χ2n) is 3.70. The Morgan fingerprint density at radius 2 is 2.00 bits per heavy atom. The molecule has 3 N–H and O–H groups in total. The van der Waals surface area contributed by atoms with E-state index in [9.17, 15) is 9.59 Å². The van der Waals surface area contributed by atoms with Gasteiger partial charge in [-0.1, -0.05) is 0 Å². The largest absolute Gasteiger partial charge is 0.366 e. The Bertz CT molecular complexity index is 476. The van der Waals surface area contributed by atoms with Gasteiger partial charge in [-0.15, -0.1) is 0 Å². The number of hydrogen-bond acceptors (Lipinski definition) is 3. The van der Waals surface area contributed by atoms with Crippen LogP contribution in [0.25, 0.3) is 0 Å². The van der Waals surface area contributed by atoms with E-state index in [0.717, 1.165) is 0 Å². The zero-order valence-electron chi connectivity index (χ0n) is 10.0. The van der Waals surface area contributed by atoms with Crippen LogP contribution in [0.1, 0.15) is 16.8 Å². The standard InChI is InChI=1S/C12H14N4O2/c1-16(8-2-7-13)12(18)15-10-5-3-9(4-6-10)11(14)17/h3-6H,2,8H2,1H3,(H2,14,17)(H,15,18). The van der Waals surface area contributed by atoms with Gasteiger partial charge >= 0.3 is 6.03 Å². The first-order chi connectivity index (χ1) is 8.54. The summed E-state index contributed by atoms with van der Waals surface area (Å²) in [4.78, 5) is 23.9. The molecule has 6 heteroatoms. The van der Waals surface area contributed by atoms with Crippen molar-refractivity contribution < 1.29 is 9.59 Å². The van der Waals surface area contributed by atoms with Gasteiger partial charge in [0.1, 0.15) is 0 Å². The summed E-state index contributed by atoms with van der Waals surface area (Å²) in [5.41, 5.74) is 6.05. The summed E-state index contributed by atoms with van der Waals surface area (Å²) >= 11 is 0. The van der Waals surface area contributed by atoms with Crippen molar-refractivity contribution in [2.24, 2.45) is 5.73 Å². The maximum Gasteiger partial charge on any atom is 0.321 e. The van der Waals surface area contributed by atoms with Gasteiger partial charge in [0.15, 0.2) is 0 Å². The second kappa shape index (κ2) is 6.25. The maximum atomic E-state index is 11.7. The molecular weight excluding hydrogens is 232 g/mol. The average Bonchev–Trinajstić information content (AvgIpc) is 2.36. The van der Waals surface area contributed by atoms with Gasteiger partial charge in [-0.25, -0.2) is 4.79 Å². The fraction of sp³-hybridized carbons (Fsp3) is 0.250. The van der Waals surface area contributed by atoms with Crippen LogP contribution in [0.2, 0.25) is 0 Å². The van der Waals surface area contributed by atoms with E-state index in [0.29, 0.717) is 17.8 Å². The van der Waals surface area contributed by atoms with Crippen molar-refractivity contribution in [2.45, 2.75) is 6.42 Å². The minimum Gasteiger partial charge on any atom is -0.366 e. The first-order valence-corrected chi connectivity index (χ1v) is 5.33. The fourth-order valence-corrected chi connectivity index (χ4v) is 1.26. The third kappa shape index (κ3) is 3.79. The van der Waals surface area contributed by atoms with Crippen molar-refractivity contribution in [3.63, 3.8) is 0 Å². The maximum absolute atomic E-state index is 11.7. The Hall–Kier alpha value is -2.55. The lowest BCUT2D eigenvalue weighted by Gasteiger charge is -2.16. The average molecular weight is 246 g/mol. The molecule has 0 atom stereocenters. The number of rotatable bonds is 4. The summed E-state index contributed by atoms with van der Waals surface area (Å²) in [6, 6.07) is 7.91. The number of nitrogens with zero attached hydrogens (tertiary/aromatic N) is 2. The Labute approximate surface area is 105 Å². The summed E-state index contributed by atoms with van der Waals surface area (Å²) in [6.07, 6.45) is 0.282. The first-order valence-electron chi connectivity index (χ1n) is 5.33. The third-order valence-corrected chi connectivity index (χ3v) is 2.33. The predicted molar refractivity (Wildman–Crippen MR) is 66.8 cm³/mol. The summed E-state index contributed by atoms with van der Waals surface area (Å²) in [6.45, 7) is 0.363. The van der Waals surface area contributed by atoms with Gasteiger partial charge in [-0.05, 0) is 24.3 Å². The highest BCUT2D eigenvalue weighted by atomic mass is 16.2. The molecule has 0 aliphatic rings. The smallest absolute Gasteiger partial charge is 0.321 e. The minimum absolute atomic E-state index is 0.282. The molecule has 0 saturated carbocycles. The quantitative estimate of drug-likeness (QED) is 0.833. The topological polar surface area (TPSA) is 99.2 Å². The van der Waals surface area contributed by atoms with Crippen LogP contribution < -0.4 is 11.1 Å². The van der Waals surface area contributed by atoms with Gasteiger partial charge in [0.2, 0.25) is 5.91 Å². The van der Waals surface area contributed by atoms with E-state index in [-0.39, 0.29) is 12.5 Å². The number of hydrogen-bond donors (Lipinski definition) is 2. The SMILES string of the molecule is CN(CCC#N)C(=O)Nc1ccc(C(N)=O)cc1. The fourth-order valence-electron chi connectivity index (χ4n) is 1.26. The molecule has 0 fully saturated rings. The highest BCUT2D eigenvalue weighted by Gasteiger charge is 2.08. The van der Waals surface area contributed by atoms with E-state index >= 15 is 0 Å². The number of carbonyl (C=O) groups excluding carboxylic acids is 2. The van der Waals surface area contributed by atoms with Crippen LogP contribution in [0, 0.1) is 11.3 Å². The number of nitrogens with two attached hydrogens (primary N) is 1. The van der Waals surface area contributed by atoms with E-state index in [2.05, 4.69) is 5.32 Å². The molecular formula is C12H14N4O2. The van der Waals surface area contributed by atoms with Gasteiger partial charge in [0, 0.05) is 24.8 Å². The van der Waals surface area contributed by atoms with Gasteiger partial charge in [-0.3, -0.25) is 4.79 Å². The predicted octanol–water partition coefficient (Wildman–Crippen LogP) is 1.16. The third-order valence-electron chi connectivity index (χ3n) is 2.33. The van der Waals surface area contributed by atoms with Crippen LogP contribution in [0.5, 0.6) is 0 Å². The van der Waals surface area contributed by atoms with Gasteiger partial charge < -0.3 is 16.0 Å². The molecule has 0 spiro atoms. The number of nitriles is 1. The summed E-state index contributed by atoms with van der Waals surface area (Å²) < 4.78 is 0. The van der Waals surface area contributed by atoms with E-state index in [1.807, 2.05) is 6.07 Å². The summed E-state index contributed by atoms with van der Waals surface area (Å²) in [7, 11) is 1.60. The zero-order valence-corrected chi connectivity index (χ0v) is 10.0. The monoisotopic (exact) mass is 246 g/mol. The molecule has 0 unspecified atom stereocenters. The van der Waals surface area contributed by atoms with E-state index in [4.69, 9.17) is 11.0 Å². The Balaban J connectivity index is 2.59. The minimum atomic E-state index is -0.515. The van der Waals surface area contributed by atoms with Crippen molar-refractivity contribution in [1.29, 1.82) is 5.26 Å². The van der Waals surface area contributed by atoms with Crippen LogP contribution in [0.4, 0.5) is 10.5 Å². The molecule has 94 valence electrons. The van der Waals surface area contributed by atoms with E-state index < -0.39 is 5.91 Å². The molecule has 1 aromatic carbocycles. The normalized spacial score (nSPS) is 9.33. The molecule has 0 aromatic heterocycles. The number of amides is 3. The number of urea groups is 1. The highest BCUT2D eigenvalue weighted by Crippen LogP contribution is 2.09. The molecule has 18 heavy (non-hydrogen) atoms. The molecule has 0 aliphatic heterocycles. The van der Waals surface area contributed by atoms with Crippen LogP contribution >= 0.6 is 0 Å². The van der Waals surface area contributed by atoms with Crippen LogP contribution in [-0.2, 0) is 0 Å². The van der Waals surface area contributed by atoms with E-state index in [1.54, 1.807) is 19.2 Å². The highest BCUT2D eigenvalue weighted by molar-refractivity contribution is 5.94. The molecule has 0 saturated heterocycles. The van der Waals surface area contributed by atoms with Crippen LogP contribution in [0.15, 0.2) is 24.3 Å². The molecule has 0 aliphatic carbocycles. The summed E-state index contributed by atoms with van der Waals surface area (Å²) in [5, 5.41) is 11.1. The molecule has 0 bridgehead atoms. The van der Waals surface area contributed by atoms with Crippen LogP contribution in [-0.4, -0.2) is 30.4 Å². The summed E-state index contributed by atoms with van der Waals surface area (Å²) in [5.74, 6) is -0.515. The second-order valence-corrected chi connectivity index (χ2v) is 3.70. The van der Waals surface area contributed by atoms with Crippen molar-refractivity contribution in [2.75, 3.05) is 18.9 Å². The molecule has 3 amide bonds. The lowest BCUT2D eigenvalue weighted by molar-refractivity contribution is 0.100. The van der Waals surface area contributed by atoms with E-state index in [1.165, 1.54) is 17.0 Å². The molecule has 1 rings (SSSR count). The van der Waals surface area contributed by atoms with Gasteiger partial charge in [-0.2, -0.15) is 5.26 Å². The number of anilines is 1. The number of nitrogens with one attached hydrogen (secondary N) is 1. The molecule has 0 radical (unpaired) electrons. The molecule has 6 nitrogen and oxygen atoms in total. The molecule has 0 heterocycles. The Morgan fingerprint density at radius 1 is 1.39 bits per heavy atom. The van der Waals surface area contributed by atoms with Gasteiger partial charge in [0.25, 0.3) is 0 Å². The Kier molecular flexibility index (Phi) is 4.69. The lowest BCUT2D eigenvalue weighted by Crippen LogP contribution is -2.32. The van der Waals surface area contributed by atoms with Crippen molar-refractivity contribution >= 4 is 17.6 Å². The van der Waals surface area contributed by atoms with Crippen molar-refractivity contribution in [3.05, 3.63) is 29.8 Å². The Morgan fingerprint density at radius 3 is 2.50 bits per heavy atom. The van der Waals surface area contributed by atoms with Crippen molar-refractivity contribution in [1.82, 2.24) is 4.90 Å². The number of benzene rings is 1. The zero-order chi connectivity index (χ0) is 13.5. The first kappa shape index (κ1) is 13.5. The number of primary amides is 1. The number of carbonyl (C=O) groups is 2. The lowest BCUT2D eigenvalue weighted by atomic mass is 10.2.